The molecule has 0 amide bonds. The molecule has 2 N–H and O–H groups in total. The predicted octanol–water partition coefficient (Wildman–Crippen LogP) is 4.24. The number of aryl methyl sites for hydroxylation is 1. The van der Waals surface area contributed by atoms with Crippen LogP contribution >= 0.6 is 24.0 Å². The Morgan fingerprint density at radius 2 is 1.97 bits per heavy atom. The van der Waals surface area contributed by atoms with E-state index < -0.39 is 0 Å². The molecular formula is C23H31IN6O. The number of nitrogens with zero attached hydrogens (tertiary/aromatic N) is 4. The molecule has 1 aromatic carbocycles. The molecule has 0 radical (unpaired) electrons. The highest BCUT2D eigenvalue weighted by atomic mass is 127. The van der Waals surface area contributed by atoms with Gasteiger partial charge in [0, 0.05) is 44.3 Å². The molecule has 1 atom stereocenters. The molecule has 0 spiro atoms. The van der Waals surface area contributed by atoms with Gasteiger partial charge in [-0.15, -0.1) is 24.0 Å². The largest absolute Gasteiger partial charge is 0.490 e. The molecule has 0 saturated carbocycles. The van der Waals surface area contributed by atoms with Gasteiger partial charge in [0.25, 0.3) is 0 Å². The Kier molecular flexibility index (Phi) is 9.77. The molecule has 31 heavy (non-hydrogen) atoms. The summed E-state index contributed by atoms with van der Waals surface area (Å²) in [7, 11) is 1.77. The average molecular weight is 534 g/mol. The van der Waals surface area contributed by atoms with Gasteiger partial charge in [-0.3, -0.25) is 9.56 Å². The second-order valence-corrected chi connectivity index (χ2v) is 7.22. The molecule has 0 aliphatic rings. The second-order valence-electron chi connectivity index (χ2n) is 7.22. The molecule has 2 heterocycles. The number of nitrogens with one attached hydrogen (secondary N) is 2. The number of aromatic nitrogens is 3. The van der Waals surface area contributed by atoms with Crippen LogP contribution in [0.15, 0.2) is 60.2 Å². The number of imidazole rings is 1. The van der Waals surface area contributed by atoms with E-state index in [9.17, 15) is 0 Å². The maximum Gasteiger partial charge on any atom is 0.191 e. The number of hydrogen-bond acceptors (Lipinski definition) is 4. The van der Waals surface area contributed by atoms with Crippen molar-refractivity contribution >= 4 is 29.9 Å². The molecule has 0 bridgehead atoms. The first kappa shape index (κ1) is 24.6. The SMILES string of the molecule is CCC(C)Oc1cc(C)ccc1CNC(=NC)NCc1ccnc(-n2ccnc2)c1.I. The predicted molar refractivity (Wildman–Crippen MR) is 135 cm³/mol. The zero-order valence-corrected chi connectivity index (χ0v) is 20.8. The summed E-state index contributed by atoms with van der Waals surface area (Å²) in [4.78, 5) is 12.8. The second kappa shape index (κ2) is 12.3. The quantitative estimate of drug-likeness (QED) is 0.257. The summed E-state index contributed by atoms with van der Waals surface area (Å²) in [6.07, 6.45) is 8.30. The van der Waals surface area contributed by atoms with Crippen molar-refractivity contribution in [2.24, 2.45) is 4.99 Å². The van der Waals surface area contributed by atoms with E-state index in [0.29, 0.717) is 13.1 Å². The number of halogens is 1. The van der Waals surface area contributed by atoms with Crippen LogP contribution in [0.5, 0.6) is 5.75 Å². The number of aliphatic imine (C=N–C) groups is 1. The number of rotatable bonds is 8. The zero-order valence-electron chi connectivity index (χ0n) is 18.5. The van der Waals surface area contributed by atoms with Crippen LogP contribution in [0.2, 0.25) is 0 Å². The molecular weight excluding hydrogens is 503 g/mol. The lowest BCUT2D eigenvalue weighted by Gasteiger charge is -2.18. The first-order valence-electron chi connectivity index (χ1n) is 10.2. The third kappa shape index (κ3) is 7.23. The smallest absolute Gasteiger partial charge is 0.191 e. The molecule has 0 fully saturated rings. The van der Waals surface area contributed by atoms with Crippen molar-refractivity contribution in [1.82, 2.24) is 25.2 Å². The van der Waals surface area contributed by atoms with Crippen molar-refractivity contribution in [1.29, 1.82) is 0 Å². The number of ether oxygens (including phenoxy) is 1. The standard InChI is InChI=1S/C23H30N6O.HI/c1-5-18(3)30-21-12-17(2)6-7-20(21)15-28-23(24-4)27-14-19-8-9-26-22(13-19)29-11-10-25-16-29;/h6-13,16,18H,5,14-15H2,1-4H3,(H2,24,27,28);1H. The van der Waals surface area contributed by atoms with Gasteiger partial charge < -0.3 is 15.4 Å². The minimum absolute atomic E-state index is 0. The molecule has 0 aliphatic heterocycles. The first-order valence-corrected chi connectivity index (χ1v) is 10.2. The van der Waals surface area contributed by atoms with Crippen molar-refractivity contribution < 1.29 is 4.74 Å². The van der Waals surface area contributed by atoms with Crippen molar-refractivity contribution in [3.05, 3.63) is 71.9 Å². The van der Waals surface area contributed by atoms with Gasteiger partial charge in [0.05, 0.1) is 6.10 Å². The molecule has 166 valence electrons. The van der Waals surface area contributed by atoms with Crippen molar-refractivity contribution in [3.8, 4) is 11.6 Å². The maximum absolute atomic E-state index is 6.10. The molecule has 8 heteroatoms. The molecule has 3 rings (SSSR count). The molecule has 1 unspecified atom stereocenters. The highest BCUT2D eigenvalue weighted by molar-refractivity contribution is 14.0. The Morgan fingerprint density at radius 1 is 1.16 bits per heavy atom. The van der Waals surface area contributed by atoms with Crippen LogP contribution in [-0.2, 0) is 13.1 Å². The Hall–Kier alpha value is -2.62. The van der Waals surface area contributed by atoms with Crippen LogP contribution in [0, 0.1) is 6.92 Å². The van der Waals surface area contributed by atoms with Crippen molar-refractivity contribution in [2.75, 3.05) is 7.05 Å². The van der Waals surface area contributed by atoms with Crippen LogP contribution in [0.1, 0.15) is 37.0 Å². The van der Waals surface area contributed by atoms with Crippen molar-refractivity contribution in [3.63, 3.8) is 0 Å². The summed E-state index contributed by atoms with van der Waals surface area (Å²) in [5, 5.41) is 6.73. The Morgan fingerprint density at radius 3 is 2.68 bits per heavy atom. The van der Waals surface area contributed by atoms with Gasteiger partial charge in [-0.1, -0.05) is 19.1 Å². The van der Waals surface area contributed by atoms with E-state index in [1.54, 1.807) is 25.8 Å². The normalized spacial score (nSPS) is 12.1. The highest BCUT2D eigenvalue weighted by Gasteiger charge is 2.09. The van der Waals surface area contributed by atoms with E-state index in [2.05, 4.69) is 64.6 Å². The summed E-state index contributed by atoms with van der Waals surface area (Å²) in [5.41, 5.74) is 3.40. The van der Waals surface area contributed by atoms with Gasteiger partial charge in [0.2, 0.25) is 0 Å². The fourth-order valence-corrected chi connectivity index (χ4v) is 2.91. The summed E-state index contributed by atoms with van der Waals surface area (Å²) in [5.74, 6) is 2.48. The van der Waals surface area contributed by atoms with Gasteiger partial charge in [0.1, 0.15) is 17.9 Å². The maximum atomic E-state index is 6.10. The van der Waals surface area contributed by atoms with Crippen LogP contribution in [-0.4, -0.2) is 33.6 Å². The lowest BCUT2D eigenvalue weighted by atomic mass is 10.1. The molecule has 2 aromatic heterocycles. The summed E-state index contributed by atoms with van der Waals surface area (Å²) < 4.78 is 7.99. The molecule has 0 aliphatic carbocycles. The van der Waals surface area contributed by atoms with E-state index in [-0.39, 0.29) is 30.1 Å². The minimum Gasteiger partial charge on any atom is -0.490 e. The molecule has 3 aromatic rings. The van der Waals surface area contributed by atoms with E-state index in [4.69, 9.17) is 4.74 Å². The van der Waals surface area contributed by atoms with E-state index in [1.165, 1.54) is 5.56 Å². The number of benzene rings is 1. The van der Waals surface area contributed by atoms with Crippen LogP contribution < -0.4 is 15.4 Å². The highest BCUT2D eigenvalue weighted by Crippen LogP contribution is 2.22. The lowest BCUT2D eigenvalue weighted by Crippen LogP contribution is -2.36. The van der Waals surface area contributed by atoms with Crippen LogP contribution in [0.3, 0.4) is 0 Å². The van der Waals surface area contributed by atoms with Crippen LogP contribution in [0.25, 0.3) is 5.82 Å². The van der Waals surface area contributed by atoms with E-state index in [0.717, 1.165) is 35.1 Å². The number of hydrogen-bond donors (Lipinski definition) is 2. The Balaban J connectivity index is 0.00000341. The summed E-state index contributed by atoms with van der Waals surface area (Å²) in [6, 6.07) is 10.3. The Labute approximate surface area is 201 Å². The van der Waals surface area contributed by atoms with Gasteiger partial charge in [-0.2, -0.15) is 0 Å². The minimum atomic E-state index is 0. The van der Waals surface area contributed by atoms with E-state index >= 15 is 0 Å². The lowest BCUT2D eigenvalue weighted by molar-refractivity contribution is 0.215. The monoisotopic (exact) mass is 534 g/mol. The van der Waals surface area contributed by atoms with Gasteiger partial charge in [-0.25, -0.2) is 9.97 Å². The molecule has 7 nitrogen and oxygen atoms in total. The fraction of sp³-hybridized carbons (Fsp3) is 0.348. The number of pyridine rings is 1. The molecule has 0 saturated heterocycles. The summed E-state index contributed by atoms with van der Waals surface area (Å²) >= 11 is 0. The van der Waals surface area contributed by atoms with Gasteiger partial charge >= 0.3 is 0 Å². The van der Waals surface area contributed by atoms with E-state index in [1.807, 2.05) is 22.9 Å². The Bertz CT molecular complexity index is 974. The zero-order chi connectivity index (χ0) is 21.3. The van der Waals surface area contributed by atoms with Gasteiger partial charge in [-0.05, 0) is 49.6 Å². The van der Waals surface area contributed by atoms with Crippen molar-refractivity contribution in [2.45, 2.75) is 46.4 Å². The third-order valence-corrected chi connectivity index (χ3v) is 4.83. The summed E-state index contributed by atoms with van der Waals surface area (Å²) in [6.45, 7) is 7.55. The van der Waals surface area contributed by atoms with Gasteiger partial charge in [0.15, 0.2) is 5.96 Å². The topological polar surface area (TPSA) is 76.4 Å². The fourth-order valence-electron chi connectivity index (χ4n) is 2.91. The average Bonchev–Trinajstić information content (AvgIpc) is 3.30. The van der Waals surface area contributed by atoms with Crippen LogP contribution in [0.4, 0.5) is 0 Å². The first-order chi connectivity index (χ1) is 14.6. The third-order valence-electron chi connectivity index (χ3n) is 4.83. The number of guanidine groups is 1.